The molecular formula is C19H23N5O2. The second-order valence-electron chi connectivity index (χ2n) is 6.37. The van der Waals surface area contributed by atoms with Crippen molar-refractivity contribution in [3.63, 3.8) is 0 Å². The number of carbonyl (C=O) groups excluding carboxylic acids is 2. The van der Waals surface area contributed by atoms with Crippen LogP contribution in [0.1, 0.15) is 35.8 Å². The van der Waals surface area contributed by atoms with E-state index in [-0.39, 0.29) is 17.9 Å². The van der Waals surface area contributed by atoms with Gasteiger partial charge in [-0.15, -0.1) is 0 Å². The summed E-state index contributed by atoms with van der Waals surface area (Å²) in [5.74, 6) is 0.429. The fraction of sp³-hybridized carbons (Fsp3) is 0.368. The van der Waals surface area contributed by atoms with E-state index in [9.17, 15) is 9.59 Å². The number of hydrogen-bond acceptors (Lipinski definition) is 5. The molecule has 1 aliphatic rings. The van der Waals surface area contributed by atoms with Gasteiger partial charge in [-0.2, -0.15) is 0 Å². The van der Waals surface area contributed by atoms with E-state index < -0.39 is 0 Å². The number of carbonyl (C=O) groups is 2. The van der Waals surface area contributed by atoms with Crippen LogP contribution in [-0.2, 0) is 4.79 Å². The zero-order chi connectivity index (χ0) is 18.5. The summed E-state index contributed by atoms with van der Waals surface area (Å²) >= 11 is 0. The fourth-order valence-electron chi connectivity index (χ4n) is 2.94. The van der Waals surface area contributed by atoms with Crippen LogP contribution in [0.3, 0.4) is 0 Å². The molecular weight excluding hydrogens is 330 g/mol. The Morgan fingerprint density at radius 3 is 2.15 bits per heavy atom. The van der Waals surface area contributed by atoms with Gasteiger partial charge in [-0.1, -0.05) is 30.3 Å². The van der Waals surface area contributed by atoms with Gasteiger partial charge in [-0.05, 0) is 12.5 Å². The van der Waals surface area contributed by atoms with Crippen molar-refractivity contribution >= 4 is 17.8 Å². The average molecular weight is 353 g/mol. The molecule has 1 N–H and O–H groups in total. The van der Waals surface area contributed by atoms with E-state index in [2.05, 4.69) is 15.3 Å². The smallest absolute Gasteiger partial charge is 0.257 e. The van der Waals surface area contributed by atoms with Gasteiger partial charge in [-0.25, -0.2) is 9.97 Å². The Bertz CT molecular complexity index is 755. The summed E-state index contributed by atoms with van der Waals surface area (Å²) < 4.78 is 0. The molecule has 0 aliphatic carbocycles. The predicted molar refractivity (Wildman–Crippen MR) is 98.7 cm³/mol. The lowest BCUT2D eigenvalue weighted by Crippen LogP contribution is -2.50. The number of nitrogens with zero attached hydrogens (tertiary/aromatic N) is 4. The van der Waals surface area contributed by atoms with Crippen molar-refractivity contribution in [3.05, 3.63) is 53.9 Å². The molecule has 0 bridgehead atoms. The Labute approximate surface area is 153 Å². The third kappa shape index (κ3) is 4.17. The van der Waals surface area contributed by atoms with Crippen LogP contribution in [0.5, 0.6) is 0 Å². The Kier molecular flexibility index (Phi) is 5.46. The molecule has 1 fully saturated rings. The first-order chi connectivity index (χ1) is 12.5. The first-order valence-electron chi connectivity index (χ1n) is 8.73. The summed E-state index contributed by atoms with van der Waals surface area (Å²) in [4.78, 5) is 35.9. The summed E-state index contributed by atoms with van der Waals surface area (Å²) in [6, 6.07) is 10.1. The SMILES string of the molecule is CC(=O)N1CCN(C(=O)c2cnc(NC(C)c3ccccc3)nc2)CC1. The molecule has 7 heteroatoms. The van der Waals surface area contributed by atoms with Gasteiger partial charge in [0.25, 0.3) is 5.91 Å². The number of piperazine rings is 1. The van der Waals surface area contributed by atoms with E-state index in [4.69, 9.17) is 0 Å². The van der Waals surface area contributed by atoms with Crippen molar-refractivity contribution in [3.8, 4) is 0 Å². The van der Waals surface area contributed by atoms with Crippen LogP contribution in [0, 0.1) is 0 Å². The Hall–Kier alpha value is -2.96. The minimum Gasteiger partial charge on any atom is -0.348 e. The highest BCUT2D eigenvalue weighted by molar-refractivity contribution is 5.93. The molecule has 1 unspecified atom stereocenters. The molecule has 1 aliphatic heterocycles. The van der Waals surface area contributed by atoms with Crippen LogP contribution in [-0.4, -0.2) is 57.8 Å². The van der Waals surface area contributed by atoms with E-state index in [1.165, 1.54) is 0 Å². The molecule has 0 saturated carbocycles. The van der Waals surface area contributed by atoms with Crippen LogP contribution in [0.25, 0.3) is 0 Å². The predicted octanol–water partition coefficient (Wildman–Crippen LogP) is 1.95. The second-order valence-corrected chi connectivity index (χ2v) is 6.37. The van der Waals surface area contributed by atoms with Gasteiger partial charge >= 0.3 is 0 Å². The molecule has 3 rings (SSSR count). The van der Waals surface area contributed by atoms with Crippen LogP contribution in [0.2, 0.25) is 0 Å². The minimum atomic E-state index is -0.101. The molecule has 2 amide bonds. The quantitative estimate of drug-likeness (QED) is 0.909. The molecule has 7 nitrogen and oxygen atoms in total. The maximum absolute atomic E-state index is 12.6. The van der Waals surface area contributed by atoms with Crippen molar-refractivity contribution in [1.82, 2.24) is 19.8 Å². The van der Waals surface area contributed by atoms with Crippen LogP contribution in [0.4, 0.5) is 5.95 Å². The highest BCUT2D eigenvalue weighted by atomic mass is 16.2. The fourth-order valence-corrected chi connectivity index (χ4v) is 2.94. The van der Waals surface area contributed by atoms with Gasteiger partial charge in [-0.3, -0.25) is 9.59 Å². The van der Waals surface area contributed by atoms with Crippen LogP contribution >= 0.6 is 0 Å². The normalized spacial score (nSPS) is 15.5. The zero-order valence-corrected chi connectivity index (χ0v) is 15.1. The van der Waals surface area contributed by atoms with Gasteiger partial charge in [0.2, 0.25) is 11.9 Å². The molecule has 26 heavy (non-hydrogen) atoms. The van der Waals surface area contributed by atoms with Crippen LogP contribution < -0.4 is 5.32 Å². The molecule has 0 radical (unpaired) electrons. The first-order valence-corrected chi connectivity index (χ1v) is 8.73. The lowest BCUT2D eigenvalue weighted by Gasteiger charge is -2.34. The summed E-state index contributed by atoms with van der Waals surface area (Å²) in [5, 5.41) is 3.23. The van der Waals surface area contributed by atoms with Crippen molar-refractivity contribution in [2.45, 2.75) is 19.9 Å². The van der Waals surface area contributed by atoms with Gasteiger partial charge in [0.1, 0.15) is 0 Å². The largest absolute Gasteiger partial charge is 0.348 e. The monoisotopic (exact) mass is 353 g/mol. The van der Waals surface area contributed by atoms with E-state index >= 15 is 0 Å². The number of hydrogen-bond donors (Lipinski definition) is 1. The molecule has 1 saturated heterocycles. The van der Waals surface area contributed by atoms with Crippen LogP contribution in [0.15, 0.2) is 42.7 Å². The minimum absolute atomic E-state index is 0.0448. The lowest BCUT2D eigenvalue weighted by molar-refractivity contribution is -0.130. The highest BCUT2D eigenvalue weighted by Crippen LogP contribution is 2.16. The maximum atomic E-state index is 12.6. The number of anilines is 1. The second kappa shape index (κ2) is 7.95. The summed E-state index contributed by atoms with van der Waals surface area (Å²) in [7, 11) is 0. The molecule has 0 spiro atoms. The third-order valence-electron chi connectivity index (χ3n) is 4.56. The van der Waals surface area contributed by atoms with Gasteiger partial charge in [0, 0.05) is 45.5 Å². The van der Waals surface area contributed by atoms with Crippen molar-refractivity contribution in [2.75, 3.05) is 31.5 Å². The number of aromatic nitrogens is 2. The van der Waals surface area contributed by atoms with E-state index in [0.717, 1.165) is 5.56 Å². The lowest BCUT2D eigenvalue weighted by atomic mass is 10.1. The Morgan fingerprint density at radius 2 is 1.58 bits per heavy atom. The van der Waals surface area contributed by atoms with Gasteiger partial charge in [0.05, 0.1) is 11.6 Å². The maximum Gasteiger partial charge on any atom is 0.257 e. The van der Waals surface area contributed by atoms with Gasteiger partial charge in [0.15, 0.2) is 0 Å². The standard InChI is InChI=1S/C19H23N5O2/c1-14(16-6-4-3-5-7-16)22-19-20-12-17(13-21-19)18(26)24-10-8-23(9-11-24)15(2)25/h3-7,12-14H,8-11H2,1-2H3,(H,20,21,22). The molecule has 1 aromatic carbocycles. The highest BCUT2D eigenvalue weighted by Gasteiger charge is 2.23. The van der Waals surface area contributed by atoms with E-state index in [0.29, 0.717) is 37.7 Å². The number of amides is 2. The molecule has 136 valence electrons. The average Bonchev–Trinajstić information content (AvgIpc) is 2.69. The molecule has 2 aromatic rings. The number of nitrogens with one attached hydrogen (secondary N) is 1. The Balaban J connectivity index is 1.59. The zero-order valence-electron chi connectivity index (χ0n) is 15.1. The van der Waals surface area contributed by atoms with E-state index in [1.54, 1.807) is 29.1 Å². The topological polar surface area (TPSA) is 78.4 Å². The summed E-state index contributed by atoms with van der Waals surface area (Å²) in [6.07, 6.45) is 3.10. The van der Waals surface area contributed by atoms with E-state index in [1.807, 2.05) is 37.3 Å². The summed E-state index contributed by atoms with van der Waals surface area (Å²) in [5.41, 5.74) is 1.60. The summed E-state index contributed by atoms with van der Waals surface area (Å²) in [6.45, 7) is 5.78. The Morgan fingerprint density at radius 1 is 1.00 bits per heavy atom. The number of rotatable bonds is 4. The van der Waals surface area contributed by atoms with Crippen molar-refractivity contribution < 1.29 is 9.59 Å². The number of benzene rings is 1. The first kappa shape index (κ1) is 17.8. The van der Waals surface area contributed by atoms with Crippen molar-refractivity contribution in [1.29, 1.82) is 0 Å². The van der Waals surface area contributed by atoms with Crippen molar-refractivity contribution in [2.24, 2.45) is 0 Å². The third-order valence-corrected chi connectivity index (χ3v) is 4.56. The van der Waals surface area contributed by atoms with Gasteiger partial charge < -0.3 is 15.1 Å². The molecule has 1 atom stereocenters. The molecule has 1 aromatic heterocycles. The molecule has 2 heterocycles.